The van der Waals surface area contributed by atoms with E-state index in [1.165, 1.54) is 18.2 Å². The van der Waals surface area contributed by atoms with Gasteiger partial charge < -0.3 is 19.9 Å². The zero-order valence-electron chi connectivity index (χ0n) is 17.1. The van der Waals surface area contributed by atoms with E-state index < -0.39 is 17.8 Å². The minimum absolute atomic E-state index is 0.0194. The van der Waals surface area contributed by atoms with Crippen LogP contribution in [-0.2, 0) is 0 Å². The Labute approximate surface area is 173 Å². The Hall–Kier alpha value is -2.90. The zero-order chi connectivity index (χ0) is 22.1. The summed E-state index contributed by atoms with van der Waals surface area (Å²) in [4.78, 5) is 11.3. The average Bonchev–Trinajstić information content (AvgIpc) is 2.65. The first-order valence-electron chi connectivity index (χ1n) is 9.69. The second kappa shape index (κ2) is 10.8. The van der Waals surface area contributed by atoms with Crippen molar-refractivity contribution >= 4 is 5.91 Å². The molecule has 0 spiro atoms. The van der Waals surface area contributed by atoms with Gasteiger partial charge in [-0.05, 0) is 68.5 Å². The number of hydrogen-bond donors (Lipinski definition) is 1. The molecule has 0 heterocycles. The predicted octanol–water partition coefficient (Wildman–Crippen LogP) is 5.24. The molecule has 1 amide bonds. The summed E-state index contributed by atoms with van der Waals surface area (Å²) in [6, 6.07) is 9.10. The van der Waals surface area contributed by atoms with Crippen LogP contribution in [0, 0.1) is 12.7 Å². The summed E-state index contributed by atoms with van der Waals surface area (Å²) in [6.45, 7) is 3.10. The third-order valence-corrected chi connectivity index (χ3v) is 4.25. The molecule has 2 rings (SSSR count). The van der Waals surface area contributed by atoms with Gasteiger partial charge in [0.05, 0.1) is 18.8 Å². The minimum Gasteiger partial charge on any atom is -0.494 e. The van der Waals surface area contributed by atoms with E-state index in [9.17, 15) is 18.0 Å². The van der Waals surface area contributed by atoms with Crippen LogP contribution in [0.4, 0.5) is 13.2 Å². The van der Waals surface area contributed by atoms with Gasteiger partial charge in [0.1, 0.15) is 11.5 Å². The summed E-state index contributed by atoms with van der Waals surface area (Å²) in [6.07, 6.45) is 0.0430. The van der Waals surface area contributed by atoms with Crippen LogP contribution in [0.25, 0.3) is 0 Å². The highest BCUT2D eigenvalue weighted by atomic mass is 19.3. The molecule has 0 aliphatic heterocycles. The van der Waals surface area contributed by atoms with Crippen molar-refractivity contribution in [3.8, 4) is 17.2 Å². The van der Waals surface area contributed by atoms with Crippen LogP contribution < -0.4 is 19.9 Å². The van der Waals surface area contributed by atoms with Crippen molar-refractivity contribution in [2.75, 3.05) is 13.2 Å². The summed E-state index contributed by atoms with van der Waals surface area (Å²) in [5, 5.41) is 0. The van der Waals surface area contributed by atoms with Crippen LogP contribution in [0.3, 0.4) is 0 Å². The summed E-state index contributed by atoms with van der Waals surface area (Å²) in [5.41, 5.74) is 5.52. The fraction of sp³-hybridized carbons (Fsp3) is 0.409. The number of rotatable bonds is 12. The van der Waals surface area contributed by atoms with E-state index in [-0.39, 0.29) is 17.1 Å². The third kappa shape index (κ3) is 7.50. The van der Waals surface area contributed by atoms with Gasteiger partial charge in [-0.2, -0.15) is 8.78 Å². The lowest BCUT2D eigenvalue weighted by Gasteiger charge is -2.13. The van der Waals surface area contributed by atoms with Crippen molar-refractivity contribution in [2.24, 2.45) is 5.73 Å². The van der Waals surface area contributed by atoms with E-state index in [0.29, 0.717) is 31.5 Å². The van der Waals surface area contributed by atoms with E-state index in [1.54, 1.807) is 25.1 Å². The topological polar surface area (TPSA) is 70.8 Å². The molecule has 2 aromatic carbocycles. The standard InChI is InChI=1S/C22H26F3NO4/c1-15-7-12-18(20(23)19(15)21(26)27)29-14-6-4-3-5-13-28-16-8-10-17(11-9-16)30-22(2,24)25/h7-12H,3-6,13-14H2,1-2H3,(H2,26,27). The second-order valence-corrected chi connectivity index (χ2v) is 6.93. The molecule has 0 bridgehead atoms. The predicted molar refractivity (Wildman–Crippen MR) is 107 cm³/mol. The number of aryl methyl sites for hydroxylation is 1. The number of amides is 1. The highest BCUT2D eigenvalue weighted by molar-refractivity contribution is 5.95. The SMILES string of the molecule is Cc1ccc(OCCCCCCOc2ccc(OC(C)(F)F)cc2)c(F)c1C(N)=O. The lowest BCUT2D eigenvalue weighted by Crippen LogP contribution is -2.18. The molecule has 2 N–H and O–H groups in total. The van der Waals surface area contributed by atoms with Crippen molar-refractivity contribution in [1.82, 2.24) is 0 Å². The number of carbonyl (C=O) groups excluding carboxylic acids is 1. The Bertz CT molecular complexity index is 836. The van der Waals surface area contributed by atoms with Gasteiger partial charge in [-0.3, -0.25) is 4.79 Å². The highest BCUT2D eigenvalue weighted by Gasteiger charge is 2.22. The number of halogens is 3. The summed E-state index contributed by atoms with van der Waals surface area (Å²) in [7, 11) is 0. The largest absolute Gasteiger partial charge is 0.494 e. The zero-order valence-corrected chi connectivity index (χ0v) is 17.1. The number of alkyl halides is 2. The molecule has 0 saturated heterocycles. The molecule has 2 aromatic rings. The van der Waals surface area contributed by atoms with E-state index in [0.717, 1.165) is 25.7 Å². The Balaban J connectivity index is 1.62. The number of unbranched alkanes of at least 4 members (excludes halogenated alkanes) is 3. The van der Waals surface area contributed by atoms with Crippen molar-refractivity contribution in [1.29, 1.82) is 0 Å². The van der Waals surface area contributed by atoms with E-state index in [1.807, 2.05) is 0 Å². The number of ether oxygens (including phenoxy) is 3. The molecule has 30 heavy (non-hydrogen) atoms. The van der Waals surface area contributed by atoms with Crippen molar-refractivity contribution < 1.29 is 32.2 Å². The number of benzene rings is 2. The smallest absolute Gasteiger partial charge is 0.394 e. The molecule has 164 valence electrons. The number of carbonyl (C=O) groups is 1. The maximum atomic E-state index is 14.2. The highest BCUT2D eigenvalue weighted by Crippen LogP contribution is 2.25. The summed E-state index contributed by atoms with van der Waals surface area (Å²) in [5.74, 6) is -0.880. The Kier molecular flexibility index (Phi) is 8.38. The third-order valence-electron chi connectivity index (χ3n) is 4.25. The van der Waals surface area contributed by atoms with Crippen molar-refractivity contribution in [2.45, 2.75) is 45.6 Å². The molecule has 5 nitrogen and oxygen atoms in total. The monoisotopic (exact) mass is 425 g/mol. The van der Waals surface area contributed by atoms with Crippen LogP contribution in [-0.4, -0.2) is 25.2 Å². The maximum absolute atomic E-state index is 14.2. The molecular formula is C22H26F3NO4. The Morgan fingerprint density at radius 2 is 1.50 bits per heavy atom. The molecule has 0 radical (unpaired) electrons. The van der Waals surface area contributed by atoms with Crippen LogP contribution in [0.5, 0.6) is 17.2 Å². The lowest BCUT2D eigenvalue weighted by molar-refractivity contribution is -0.158. The first-order chi connectivity index (χ1) is 14.2. The van der Waals surface area contributed by atoms with Crippen LogP contribution in [0.15, 0.2) is 36.4 Å². The van der Waals surface area contributed by atoms with Gasteiger partial charge in [-0.25, -0.2) is 4.39 Å². The second-order valence-electron chi connectivity index (χ2n) is 6.93. The first kappa shape index (κ1) is 23.4. The van der Waals surface area contributed by atoms with E-state index >= 15 is 0 Å². The van der Waals surface area contributed by atoms with Crippen LogP contribution >= 0.6 is 0 Å². The Morgan fingerprint density at radius 3 is 2.07 bits per heavy atom. The van der Waals surface area contributed by atoms with Crippen molar-refractivity contribution in [3.05, 3.63) is 53.3 Å². The number of primary amides is 1. The fourth-order valence-electron chi connectivity index (χ4n) is 2.81. The van der Waals surface area contributed by atoms with Gasteiger partial charge >= 0.3 is 6.11 Å². The van der Waals surface area contributed by atoms with Gasteiger partial charge in [0.15, 0.2) is 11.6 Å². The number of nitrogens with two attached hydrogens (primary N) is 1. The minimum atomic E-state index is -3.22. The molecule has 0 saturated carbocycles. The molecule has 8 heteroatoms. The molecule has 0 aliphatic rings. The van der Waals surface area contributed by atoms with Gasteiger partial charge in [0.2, 0.25) is 0 Å². The lowest BCUT2D eigenvalue weighted by atomic mass is 10.1. The van der Waals surface area contributed by atoms with Gasteiger partial charge in [-0.15, -0.1) is 0 Å². The quantitative estimate of drug-likeness (QED) is 0.472. The van der Waals surface area contributed by atoms with Crippen molar-refractivity contribution in [3.63, 3.8) is 0 Å². The van der Waals surface area contributed by atoms with Crippen LogP contribution in [0.1, 0.15) is 48.5 Å². The van der Waals surface area contributed by atoms with Gasteiger partial charge in [0, 0.05) is 6.92 Å². The van der Waals surface area contributed by atoms with E-state index in [4.69, 9.17) is 15.2 Å². The molecular weight excluding hydrogens is 399 g/mol. The van der Waals surface area contributed by atoms with Gasteiger partial charge in [-0.1, -0.05) is 6.07 Å². The summed E-state index contributed by atoms with van der Waals surface area (Å²) >= 11 is 0. The fourth-order valence-corrected chi connectivity index (χ4v) is 2.81. The molecule has 0 atom stereocenters. The molecule has 0 fully saturated rings. The van der Waals surface area contributed by atoms with Gasteiger partial charge in [0.25, 0.3) is 5.91 Å². The number of hydrogen-bond acceptors (Lipinski definition) is 4. The first-order valence-corrected chi connectivity index (χ1v) is 9.69. The normalized spacial score (nSPS) is 11.2. The molecule has 0 unspecified atom stereocenters. The Morgan fingerprint density at radius 1 is 0.933 bits per heavy atom. The average molecular weight is 425 g/mol. The van der Waals surface area contributed by atoms with Crippen LogP contribution in [0.2, 0.25) is 0 Å². The summed E-state index contributed by atoms with van der Waals surface area (Å²) < 4.78 is 55.2. The maximum Gasteiger partial charge on any atom is 0.394 e. The van der Waals surface area contributed by atoms with E-state index in [2.05, 4.69) is 4.74 Å². The molecule has 0 aliphatic carbocycles. The molecule has 0 aromatic heterocycles.